The van der Waals surface area contributed by atoms with E-state index in [-0.39, 0.29) is 11.0 Å². The molecule has 2 aromatic rings. The molecule has 144 valence electrons. The van der Waals surface area contributed by atoms with Gasteiger partial charge in [0.15, 0.2) is 5.11 Å². The van der Waals surface area contributed by atoms with Gasteiger partial charge in [0.05, 0.1) is 18.2 Å². The van der Waals surface area contributed by atoms with Crippen LogP contribution in [0.3, 0.4) is 0 Å². The van der Waals surface area contributed by atoms with Crippen molar-refractivity contribution in [1.29, 1.82) is 0 Å². The topological polar surface area (TPSA) is 68.8 Å². The summed E-state index contributed by atoms with van der Waals surface area (Å²) in [6.07, 6.45) is 0. The van der Waals surface area contributed by atoms with Gasteiger partial charge in [-0.25, -0.2) is 0 Å². The van der Waals surface area contributed by atoms with Gasteiger partial charge in [0.1, 0.15) is 18.1 Å². The van der Waals surface area contributed by atoms with Crippen LogP contribution in [-0.2, 0) is 4.74 Å². The number of carbonyl (C=O) groups excluding carboxylic acids is 1. The van der Waals surface area contributed by atoms with Crippen LogP contribution in [0.2, 0.25) is 0 Å². The molecular formula is C19H21BrN2O4S. The number of thiocarbonyl (C=S) groups is 1. The predicted molar refractivity (Wildman–Crippen MR) is 113 cm³/mol. The number of carbonyl (C=O) groups is 1. The molecule has 0 aliphatic rings. The second-order valence-corrected chi connectivity index (χ2v) is 6.59. The molecule has 0 saturated carbocycles. The van der Waals surface area contributed by atoms with Crippen LogP contribution in [-0.4, -0.2) is 38.0 Å². The molecule has 2 N–H and O–H groups in total. The molecule has 0 unspecified atom stereocenters. The minimum atomic E-state index is -0.319. The maximum absolute atomic E-state index is 12.3. The van der Waals surface area contributed by atoms with Crippen molar-refractivity contribution >= 4 is 44.9 Å². The number of hydrogen-bond acceptors (Lipinski definition) is 5. The van der Waals surface area contributed by atoms with E-state index in [1.165, 1.54) is 0 Å². The van der Waals surface area contributed by atoms with E-state index in [2.05, 4.69) is 26.6 Å². The Kier molecular flexibility index (Phi) is 8.50. The van der Waals surface area contributed by atoms with Crippen molar-refractivity contribution in [3.8, 4) is 11.5 Å². The molecule has 27 heavy (non-hydrogen) atoms. The lowest BCUT2D eigenvalue weighted by atomic mass is 10.2. The van der Waals surface area contributed by atoms with E-state index in [1.807, 2.05) is 25.1 Å². The Morgan fingerprint density at radius 1 is 1.19 bits per heavy atom. The largest absolute Gasteiger partial charge is 0.496 e. The van der Waals surface area contributed by atoms with E-state index in [9.17, 15) is 4.79 Å². The van der Waals surface area contributed by atoms with Crippen LogP contribution in [0.25, 0.3) is 0 Å². The van der Waals surface area contributed by atoms with Gasteiger partial charge >= 0.3 is 0 Å². The van der Waals surface area contributed by atoms with E-state index in [1.54, 1.807) is 31.4 Å². The van der Waals surface area contributed by atoms with E-state index in [0.717, 1.165) is 0 Å². The number of anilines is 1. The summed E-state index contributed by atoms with van der Waals surface area (Å²) < 4.78 is 16.7. The molecule has 1 amide bonds. The summed E-state index contributed by atoms with van der Waals surface area (Å²) in [4.78, 5) is 12.3. The number of benzene rings is 2. The van der Waals surface area contributed by atoms with Crippen LogP contribution >= 0.6 is 28.1 Å². The molecule has 0 fully saturated rings. The molecular weight excluding hydrogens is 432 g/mol. The van der Waals surface area contributed by atoms with E-state index >= 15 is 0 Å². The average Bonchev–Trinajstić information content (AvgIpc) is 2.65. The Morgan fingerprint density at radius 2 is 2.00 bits per heavy atom. The van der Waals surface area contributed by atoms with E-state index in [4.69, 9.17) is 26.4 Å². The van der Waals surface area contributed by atoms with Gasteiger partial charge in [0.25, 0.3) is 5.91 Å². The van der Waals surface area contributed by atoms with Gasteiger partial charge in [-0.1, -0.05) is 6.07 Å². The Morgan fingerprint density at radius 3 is 2.70 bits per heavy atom. The maximum atomic E-state index is 12.3. The quantitative estimate of drug-likeness (QED) is 0.465. The second kappa shape index (κ2) is 10.9. The molecule has 6 nitrogen and oxygen atoms in total. The third kappa shape index (κ3) is 6.82. The van der Waals surface area contributed by atoms with Crippen molar-refractivity contribution in [3.63, 3.8) is 0 Å². The number of ether oxygens (including phenoxy) is 3. The van der Waals surface area contributed by atoms with Crippen molar-refractivity contribution in [1.82, 2.24) is 5.32 Å². The molecule has 2 aromatic carbocycles. The fraction of sp³-hybridized carbons (Fsp3) is 0.263. The monoisotopic (exact) mass is 452 g/mol. The Hall–Kier alpha value is -2.16. The first kappa shape index (κ1) is 21.1. The number of rotatable bonds is 8. The summed E-state index contributed by atoms with van der Waals surface area (Å²) >= 11 is 8.58. The minimum absolute atomic E-state index is 0.193. The van der Waals surface area contributed by atoms with Crippen LogP contribution in [0, 0.1) is 0 Å². The highest BCUT2D eigenvalue weighted by Gasteiger charge is 2.11. The molecule has 2 rings (SSSR count). The smallest absolute Gasteiger partial charge is 0.257 e. The van der Waals surface area contributed by atoms with Crippen molar-refractivity contribution < 1.29 is 19.0 Å². The molecule has 0 bridgehead atoms. The van der Waals surface area contributed by atoms with E-state index < -0.39 is 0 Å². The van der Waals surface area contributed by atoms with Crippen LogP contribution in [0.15, 0.2) is 46.9 Å². The summed E-state index contributed by atoms with van der Waals surface area (Å²) in [7, 11) is 1.56. The van der Waals surface area contributed by atoms with Gasteiger partial charge in [-0.3, -0.25) is 10.1 Å². The van der Waals surface area contributed by atoms with Crippen LogP contribution in [0.1, 0.15) is 17.3 Å². The normalized spacial score (nSPS) is 10.2. The Labute approximate surface area is 172 Å². The molecule has 0 atom stereocenters. The van der Waals surface area contributed by atoms with Crippen molar-refractivity contribution in [2.24, 2.45) is 0 Å². The van der Waals surface area contributed by atoms with Crippen LogP contribution < -0.4 is 20.1 Å². The first-order valence-electron chi connectivity index (χ1n) is 8.30. The lowest BCUT2D eigenvalue weighted by molar-refractivity contribution is 0.0977. The van der Waals surface area contributed by atoms with Crippen LogP contribution in [0.5, 0.6) is 11.5 Å². The molecule has 0 heterocycles. The summed E-state index contributed by atoms with van der Waals surface area (Å²) in [5.41, 5.74) is 1.17. The fourth-order valence-electron chi connectivity index (χ4n) is 2.17. The third-order valence-electron chi connectivity index (χ3n) is 3.43. The second-order valence-electron chi connectivity index (χ2n) is 5.33. The van der Waals surface area contributed by atoms with Gasteiger partial charge in [-0.15, -0.1) is 0 Å². The SMILES string of the molecule is CCOCCOc1cccc(NC(=S)NC(=O)c2ccc(OC)c(Br)c2)c1. The molecule has 0 aromatic heterocycles. The summed E-state index contributed by atoms with van der Waals surface area (Å²) in [6.45, 7) is 3.58. The highest BCUT2D eigenvalue weighted by atomic mass is 79.9. The zero-order valence-electron chi connectivity index (χ0n) is 15.1. The molecule has 0 aliphatic heterocycles. The van der Waals surface area contributed by atoms with Crippen LogP contribution in [0.4, 0.5) is 5.69 Å². The molecule has 0 spiro atoms. The number of methoxy groups -OCH3 is 1. The number of halogens is 1. The zero-order chi connectivity index (χ0) is 19.6. The Balaban J connectivity index is 1.91. The number of hydrogen-bond donors (Lipinski definition) is 2. The molecule has 0 radical (unpaired) electrons. The van der Waals surface area contributed by atoms with Gasteiger partial charge in [0.2, 0.25) is 0 Å². The lowest BCUT2D eigenvalue weighted by Gasteiger charge is -2.12. The van der Waals surface area contributed by atoms with Gasteiger partial charge < -0.3 is 19.5 Å². The first-order chi connectivity index (χ1) is 13.0. The predicted octanol–water partition coefficient (Wildman–Crippen LogP) is 4.00. The standard InChI is InChI=1S/C19H21BrN2O4S/c1-3-25-9-10-26-15-6-4-5-14(12-15)21-19(27)22-18(23)13-7-8-17(24-2)16(20)11-13/h4-8,11-12H,3,9-10H2,1-2H3,(H2,21,22,23,27). The first-order valence-corrected chi connectivity index (χ1v) is 9.50. The number of amides is 1. The molecule has 0 aliphatic carbocycles. The van der Waals surface area contributed by atoms with Gasteiger partial charge in [0, 0.05) is 23.9 Å². The molecule has 8 heteroatoms. The van der Waals surface area contributed by atoms with E-state index in [0.29, 0.717) is 47.0 Å². The van der Waals surface area contributed by atoms with Crippen molar-refractivity contribution in [2.45, 2.75) is 6.92 Å². The lowest BCUT2D eigenvalue weighted by Crippen LogP contribution is -2.34. The highest BCUT2D eigenvalue weighted by Crippen LogP contribution is 2.25. The van der Waals surface area contributed by atoms with Crippen molar-refractivity contribution in [2.75, 3.05) is 32.2 Å². The minimum Gasteiger partial charge on any atom is -0.496 e. The third-order valence-corrected chi connectivity index (χ3v) is 4.26. The summed E-state index contributed by atoms with van der Waals surface area (Å²) in [6, 6.07) is 12.3. The summed E-state index contributed by atoms with van der Waals surface area (Å²) in [5, 5.41) is 5.81. The summed E-state index contributed by atoms with van der Waals surface area (Å²) in [5.74, 6) is 1.02. The Bertz CT molecular complexity index is 801. The van der Waals surface area contributed by atoms with Crippen molar-refractivity contribution in [3.05, 3.63) is 52.5 Å². The number of nitrogens with one attached hydrogen (secondary N) is 2. The zero-order valence-corrected chi connectivity index (χ0v) is 17.5. The average molecular weight is 453 g/mol. The van der Waals surface area contributed by atoms with Gasteiger partial charge in [-0.2, -0.15) is 0 Å². The fourth-order valence-corrected chi connectivity index (χ4v) is 2.92. The highest BCUT2D eigenvalue weighted by molar-refractivity contribution is 9.10. The van der Waals surface area contributed by atoms with Gasteiger partial charge in [-0.05, 0) is 65.4 Å². The molecule has 0 saturated heterocycles. The maximum Gasteiger partial charge on any atom is 0.257 e.